The van der Waals surface area contributed by atoms with Crippen LogP contribution in [0.25, 0.3) is 10.4 Å². The van der Waals surface area contributed by atoms with Crippen molar-refractivity contribution in [3.8, 4) is 0 Å². The summed E-state index contributed by atoms with van der Waals surface area (Å²) in [5.41, 5.74) is 10.2. The van der Waals surface area contributed by atoms with Crippen LogP contribution in [-0.4, -0.2) is 30.2 Å². The average Bonchev–Trinajstić information content (AvgIpc) is 2.31. The maximum absolute atomic E-state index is 8.34. The molecule has 2 rings (SSSR count). The smallest absolute Gasteiger partial charge is 0.0678 e. The van der Waals surface area contributed by atoms with E-state index in [4.69, 9.17) is 10.3 Å². The summed E-state index contributed by atoms with van der Waals surface area (Å²) < 4.78 is 5.71. The van der Waals surface area contributed by atoms with Crippen LogP contribution in [0.5, 0.6) is 0 Å². The average molecular weight is 246 g/mol. The first kappa shape index (κ1) is 12.9. The third-order valence-electron chi connectivity index (χ3n) is 3.00. The van der Waals surface area contributed by atoms with Gasteiger partial charge in [-0.3, -0.25) is 4.90 Å². The van der Waals surface area contributed by atoms with Gasteiger partial charge in [0, 0.05) is 30.2 Å². The van der Waals surface area contributed by atoms with Gasteiger partial charge in [0.1, 0.15) is 0 Å². The Labute approximate surface area is 107 Å². The number of morpholine rings is 1. The number of rotatable bonds is 3. The van der Waals surface area contributed by atoms with Gasteiger partial charge in [0.15, 0.2) is 0 Å². The van der Waals surface area contributed by atoms with Crippen molar-refractivity contribution in [1.82, 2.24) is 4.90 Å². The minimum Gasteiger partial charge on any atom is -0.373 e. The zero-order chi connectivity index (χ0) is 13.0. The van der Waals surface area contributed by atoms with E-state index < -0.39 is 0 Å². The number of azide groups is 1. The maximum Gasteiger partial charge on any atom is 0.0678 e. The number of nitrogens with zero attached hydrogens (tertiary/aromatic N) is 4. The van der Waals surface area contributed by atoms with E-state index in [1.807, 2.05) is 24.3 Å². The molecule has 1 aliphatic heterocycles. The summed E-state index contributed by atoms with van der Waals surface area (Å²) in [7, 11) is 0. The Morgan fingerprint density at radius 3 is 2.44 bits per heavy atom. The van der Waals surface area contributed by atoms with Crippen molar-refractivity contribution in [2.45, 2.75) is 32.6 Å². The highest BCUT2D eigenvalue weighted by atomic mass is 16.5. The second kappa shape index (κ2) is 5.87. The van der Waals surface area contributed by atoms with Gasteiger partial charge in [0.05, 0.1) is 12.2 Å². The first-order valence-corrected chi connectivity index (χ1v) is 6.19. The van der Waals surface area contributed by atoms with Crippen LogP contribution >= 0.6 is 0 Å². The Hall–Kier alpha value is -1.55. The number of hydrogen-bond donors (Lipinski definition) is 0. The van der Waals surface area contributed by atoms with E-state index in [0.717, 1.165) is 19.6 Å². The Morgan fingerprint density at radius 2 is 1.89 bits per heavy atom. The molecule has 1 saturated heterocycles. The molecule has 5 nitrogen and oxygen atoms in total. The molecule has 1 aliphatic rings. The molecule has 96 valence electrons. The standard InChI is InChI=1S/C13H18N4O/c1-10-7-17(8-11(2)18-10)9-12-3-5-13(6-4-12)15-16-14/h3-6,10-11H,7-9H2,1-2H3. The summed E-state index contributed by atoms with van der Waals surface area (Å²) in [5, 5.41) is 3.57. The van der Waals surface area contributed by atoms with E-state index in [0.29, 0.717) is 5.69 Å². The van der Waals surface area contributed by atoms with E-state index in [2.05, 4.69) is 28.8 Å². The van der Waals surface area contributed by atoms with Crippen molar-refractivity contribution >= 4 is 5.69 Å². The first-order valence-electron chi connectivity index (χ1n) is 6.19. The molecule has 1 fully saturated rings. The molecule has 0 aromatic heterocycles. The predicted molar refractivity (Wildman–Crippen MR) is 70.5 cm³/mol. The van der Waals surface area contributed by atoms with Crippen molar-refractivity contribution in [3.05, 3.63) is 40.3 Å². The fourth-order valence-corrected chi connectivity index (χ4v) is 2.39. The van der Waals surface area contributed by atoms with Crippen LogP contribution in [0.3, 0.4) is 0 Å². The van der Waals surface area contributed by atoms with E-state index in [9.17, 15) is 0 Å². The van der Waals surface area contributed by atoms with Gasteiger partial charge in [0.25, 0.3) is 0 Å². The molecule has 2 unspecified atom stereocenters. The molecule has 0 saturated carbocycles. The third kappa shape index (κ3) is 3.47. The molecule has 0 amide bonds. The largest absolute Gasteiger partial charge is 0.373 e. The van der Waals surface area contributed by atoms with Gasteiger partial charge < -0.3 is 4.74 Å². The summed E-state index contributed by atoms with van der Waals surface area (Å²) in [6, 6.07) is 7.72. The number of ether oxygens (including phenoxy) is 1. The summed E-state index contributed by atoms with van der Waals surface area (Å²) in [6.07, 6.45) is 0.576. The SMILES string of the molecule is CC1CN(Cc2ccc(N=[N+]=[N-])cc2)CC(C)O1. The molecule has 1 aromatic rings. The monoisotopic (exact) mass is 246 g/mol. The third-order valence-corrected chi connectivity index (χ3v) is 3.00. The van der Waals surface area contributed by atoms with Crippen molar-refractivity contribution in [2.24, 2.45) is 5.11 Å². The van der Waals surface area contributed by atoms with E-state index >= 15 is 0 Å². The van der Waals surface area contributed by atoms with Gasteiger partial charge in [-0.15, -0.1) is 0 Å². The lowest BCUT2D eigenvalue weighted by Gasteiger charge is -2.35. The second-order valence-corrected chi connectivity index (χ2v) is 4.81. The van der Waals surface area contributed by atoms with Gasteiger partial charge >= 0.3 is 0 Å². The van der Waals surface area contributed by atoms with Crippen molar-refractivity contribution < 1.29 is 4.74 Å². The fraction of sp³-hybridized carbons (Fsp3) is 0.538. The Kier molecular flexibility index (Phi) is 4.20. The number of benzene rings is 1. The number of hydrogen-bond acceptors (Lipinski definition) is 3. The van der Waals surface area contributed by atoms with Crippen LogP contribution in [0.1, 0.15) is 19.4 Å². The quantitative estimate of drug-likeness (QED) is 0.467. The zero-order valence-electron chi connectivity index (χ0n) is 10.8. The Morgan fingerprint density at radius 1 is 1.28 bits per heavy atom. The topological polar surface area (TPSA) is 61.2 Å². The highest BCUT2D eigenvalue weighted by molar-refractivity contribution is 5.38. The van der Waals surface area contributed by atoms with Gasteiger partial charge in [-0.2, -0.15) is 0 Å². The molecule has 18 heavy (non-hydrogen) atoms. The fourth-order valence-electron chi connectivity index (χ4n) is 2.39. The van der Waals surface area contributed by atoms with Crippen LogP contribution in [0.15, 0.2) is 29.4 Å². The molecule has 5 heteroatoms. The lowest BCUT2D eigenvalue weighted by Crippen LogP contribution is -2.44. The molecule has 0 radical (unpaired) electrons. The predicted octanol–water partition coefficient (Wildman–Crippen LogP) is 3.24. The van der Waals surface area contributed by atoms with Gasteiger partial charge in [-0.1, -0.05) is 29.4 Å². The maximum atomic E-state index is 8.34. The molecule has 1 aromatic carbocycles. The molecule has 0 bridgehead atoms. The minimum absolute atomic E-state index is 0.288. The normalized spacial score (nSPS) is 24.6. The second-order valence-electron chi connectivity index (χ2n) is 4.81. The van der Waals surface area contributed by atoms with E-state index in [1.54, 1.807) is 0 Å². The molecule has 1 heterocycles. The van der Waals surface area contributed by atoms with Crippen molar-refractivity contribution in [3.63, 3.8) is 0 Å². The van der Waals surface area contributed by atoms with Crippen LogP contribution in [0.4, 0.5) is 5.69 Å². The summed E-state index contributed by atoms with van der Waals surface area (Å²) in [4.78, 5) is 5.16. The lowest BCUT2D eigenvalue weighted by molar-refractivity contribution is -0.0704. The van der Waals surface area contributed by atoms with Crippen molar-refractivity contribution in [2.75, 3.05) is 13.1 Å². The van der Waals surface area contributed by atoms with Crippen LogP contribution in [0, 0.1) is 0 Å². The van der Waals surface area contributed by atoms with Gasteiger partial charge in [-0.25, -0.2) is 0 Å². The van der Waals surface area contributed by atoms with Gasteiger partial charge in [-0.05, 0) is 24.9 Å². The molecule has 0 aliphatic carbocycles. The first-order chi connectivity index (χ1) is 8.67. The van der Waals surface area contributed by atoms with Gasteiger partial charge in [0.2, 0.25) is 0 Å². The van der Waals surface area contributed by atoms with Crippen LogP contribution in [0.2, 0.25) is 0 Å². The summed E-state index contributed by atoms with van der Waals surface area (Å²) >= 11 is 0. The highest BCUT2D eigenvalue weighted by Gasteiger charge is 2.21. The Balaban J connectivity index is 1.98. The molecule has 0 spiro atoms. The minimum atomic E-state index is 0.288. The lowest BCUT2D eigenvalue weighted by atomic mass is 10.1. The van der Waals surface area contributed by atoms with E-state index in [-0.39, 0.29) is 12.2 Å². The molecule has 2 atom stereocenters. The highest BCUT2D eigenvalue weighted by Crippen LogP contribution is 2.17. The van der Waals surface area contributed by atoms with Crippen molar-refractivity contribution in [1.29, 1.82) is 0 Å². The summed E-state index contributed by atoms with van der Waals surface area (Å²) in [6.45, 7) is 7.04. The van der Waals surface area contributed by atoms with E-state index in [1.165, 1.54) is 5.56 Å². The Bertz CT molecular complexity index is 429. The molecular formula is C13H18N4O. The van der Waals surface area contributed by atoms with Crippen LogP contribution < -0.4 is 0 Å². The zero-order valence-corrected chi connectivity index (χ0v) is 10.8. The molecule has 0 N–H and O–H groups in total. The molecular weight excluding hydrogens is 228 g/mol. The van der Waals surface area contributed by atoms with Crippen LogP contribution in [-0.2, 0) is 11.3 Å². The summed E-state index contributed by atoms with van der Waals surface area (Å²) in [5.74, 6) is 0.